The molecule has 6 spiro atoms. The molecule has 6 aliphatic carbocycles. The van der Waals surface area contributed by atoms with E-state index in [2.05, 4.69) is 198 Å². The molecule has 6 aromatic heterocycles. The van der Waals surface area contributed by atoms with E-state index in [-0.39, 0.29) is 57.6 Å². The second kappa shape index (κ2) is 34.8. The number of nitrogens with zero attached hydrogens (tertiary/aromatic N) is 18. The average molecular weight is 1710 g/mol. The molecule has 0 radical (unpaired) electrons. The lowest BCUT2D eigenvalue weighted by molar-refractivity contribution is 0.141. The molecule has 0 fully saturated rings. The summed E-state index contributed by atoms with van der Waals surface area (Å²) in [6.45, 7) is 21.7. The van der Waals surface area contributed by atoms with Gasteiger partial charge in [-0.2, -0.15) is 5.10 Å². The third-order valence-electron chi connectivity index (χ3n) is 28.2. The Kier molecular flexibility index (Phi) is 22.9. The van der Waals surface area contributed by atoms with Crippen LogP contribution in [-0.2, 0) is 113 Å². The highest BCUT2D eigenvalue weighted by atomic mass is 16.5. The quantitative estimate of drug-likeness (QED) is 0.150. The van der Waals surface area contributed by atoms with Crippen LogP contribution in [0.4, 0.5) is 0 Å². The van der Waals surface area contributed by atoms with Gasteiger partial charge in [0.1, 0.15) is 102 Å². The summed E-state index contributed by atoms with van der Waals surface area (Å²) in [4.78, 5) is 70.2. The van der Waals surface area contributed by atoms with Gasteiger partial charge in [0.15, 0.2) is 35.4 Å². The van der Waals surface area contributed by atoms with Gasteiger partial charge in [0, 0.05) is 202 Å². The second-order valence-electron chi connectivity index (χ2n) is 36.4. The lowest BCUT2D eigenvalue weighted by Crippen LogP contribution is -2.41. The molecule has 6 aromatic carbocycles. The minimum atomic E-state index is -0.127. The van der Waals surface area contributed by atoms with E-state index >= 15 is 0 Å². The summed E-state index contributed by atoms with van der Waals surface area (Å²) in [7, 11) is 1.98. The van der Waals surface area contributed by atoms with Gasteiger partial charge in [0.25, 0.3) is 0 Å². The van der Waals surface area contributed by atoms with Crippen LogP contribution in [0.25, 0.3) is 66.9 Å². The first-order valence-electron chi connectivity index (χ1n) is 44.8. The minimum absolute atomic E-state index is 0.0256. The van der Waals surface area contributed by atoms with Crippen molar-refractivity contribution in [2.45, 2.75) is 230 Å². The smallest absolute Gasteiger partial charge is 0.181 e. The molecular weight excluding hydrogens is 1600 g/mol. The Labute approximate surface area is 747 Å². The predicted molar refractivity (Wildman–Crippen MR) is 498 cm³/mol. The fraction of sp³-hybridized carbons (Fsp3) is 0.375. The molecule has 24 rings (SSSR count). The Bertz CT molecular complexity index is 6090. The number of aryl methyl sites for hydroxylation is 2. The first-order chi connectivity index (χ1) is 62.1. The summed E-state index contributed by atoms with van der Waals surface area (Å²) in [5.74, 6) is 4.92. The van der Waals surface area contributed by atoms with Crippen molar-refractivity contribution >= 4 is 35.4 Å². The van der Waals surface area contributed by atoms with E-state index < -0.39 is 0 Å². The zero-order valence-corrected chi connectivity index (χ0v) is 74.7. The highest BCUT2D eigenvalue weighted by molar-refractivity contribution is 5.82. The highest BCUT2D eigenvalue weighted by Gasteiger charge is 2.51. The van der Waals surface area contributed by atoms with Crippen molar-refractivity contribution < 1.29 is 28.4 Å². The fourth-order valence-corrected chi connectivity index (χ4v) is 21.7. The van der Waals surface area contributed by atoms with Gasteiger partial charge in [-0.05, 0) is 186 Å². The summed E-state index contributed by atoms with van der Waals surface area (Å²) in [5.41, 5.74) is 30.2. The molecule has 12 heterocycles. The average Bonchev–Trinajstić information content (AvgIpc) is 1.59. The SMILES string of the molecule is CC1=NC2(CCc3ccc(-c4ccnn4C)cc3C2)CO1.CC1=NC2(Cc3cccc(-c4cncnc4)c3C2)C(C)O1.CC1=N[C@@]2(Cc3cccc(-c4cncnc4)c3C2)[C@@H](C)O1.CC1=N[C@]2(CCc3c(cccc3-c3cncnc3)C2)CO1.CC1=N[C@]2(CCc3c(cccc3-c3cncnc3)C2)[C@@H](C)O1.CC1=N[C@]2(CCc3c(cccc3-c3cncnc3)C2)[C@H](C)O1. The van der Waals surface area contributed by atoms with Gasteiger partial charge < -0.3 is 28.4 Å². The summed E-state index contributed by atoms with van der Waals surface area (Å²) >= 11 is 0. The number of ether oxygens (including phenoxy) is 6. The number of fused-ring (bicyclic) bond motifs is 6. The molecular formula is C104H108N18O6. The number of benzene rings is 6. The van der Waals surface area contributed by atoms with Crippen molar-refractivity contribution in [2.75, 3.05) is 13.2 Å². The largest absolute Gasteiger partial charge is 0.479 e. The van der Waals surface area contributed by atoms with Crippen LogP contribution in [0.15, 0.2) is 245 Å². The molecule has 3 unspecified atom stereocenters. The van der Waals surface area contributed by atoms with Gasteiger partial charge in [-0.3, -0.25) is 4.68 Å². The summed E-state index contributed by atoms with van der Waals surface area (Å²) in [6, 6.07) is 41.2. The van der Waals surface area contributed by atoms with Crippen LogP contribution in [0.1, 0.15) is 162 Å². The van der Waals surface area contributed by atoms with E-state index in [1.54, 1.807) is 31.6 Å². The second-order valence-corrected chi connectivity index (χ2v) is 36.4. The van der Waals surface area contributed by atoms with Crippen molar-refractivity contribution in [3.63, 3.8) is 0 Å². The van der Waals surface area contributed by atoms with Crippen LogP contribution < -0.4 is 0 Å². The van der Waals surface area contributed by atoms with Crippen molar-refractivity contribution in [2.24, 2.45) is 37.0 Å². The zero-order valence-electron chi connectivity index (χ0n) is 74.7. The Morgan fingerprint density at radius 3 is 0.930 bits per heavy atom. The molecule has 0 amide bonds. The highest BCUT2D eigenvalue weighted by Crippen LogP contribution is 2.49. The molecule has 0 bridgehead atoms. The van der Waals surface area contributed by atoms with E-state index in [1.165, 1.54) is 100 Å². The molecule has 24 nitrogen and oxygen atoms in total. The molecule has 10 atom stereocenters. The van der Waals surface area contributed by atoms with E-state index in [0.717, 1.165) is 185 Å². The predicted octanol–water partition coefficient (Wildman–Crippen LogP) is 17.6. The van der Waals surface area contributed by atoms with Crippen LogP contribution in [0.3, 0.4) is 0 Å². The molecule has 0 N–H and O–H groups in total. The third-order valence-corrected chi connectivity index (χ3v) is 28.2. The first-order valence-corrected chi connectivity index (χ1v) is 44.8. The van der Waals surface area contributed by atoms with E-state index in [0.29, 0.717) is 0 Å². The van der Waals surface area contributed by atoms with Crippen LogP contribution in [-0.4, -0.2) is 166 Å². The standard InChI is InChI=1S/2C18H19N3O.C17H19N3O.3C17H17N3O/c2*1-12-18(21-13(2)22-12)7-6-17-14(8-18)4-3-5-16(17)15-9-19-11-20-10-15;1-12-19-17(11-21-12)7-5-13-3-4-14(9-15(13)10-17)16-6-8-18-20(16)2;2*1-11-17(20-12(2)21-11)6-13-4-3-5-15(16(13)7-17)14-8-18-10-19-9-14;1-12-20-17(10-21-12)6-5-16-13(7-17)3-2-4-15(16)14-8-18-11-19-9-14/h2*3-5,9-12H,6-8H2,1-2H3;3-4,6,8-9H,5,7,10-11H2,1-2H3;2*3-5,8-11H,6-7H2,1-2H3;2-4,8-9,11H,5-7,10H2,1H3/t12-,18+;12-,18-;;11-,17-;;17-/m10.1.0/s1. The van der Waals surface area contributed by atoms with E-state index in [9.17, 15) is 0 Å². The molecule has 6 aliphatic heterocycles. The van der Waals surface area contributed by atoms with Gasteiger partial charge in [0.05, 0.1) is 5.69 Å². The van der Waals surface area contributed by atoms with Crippen LogP contribution >= 0.6 is 0 Å². The fourth-order valence-electron chi connectivity index (χ4n) is 21.7. The molecule has 650 valence electrons. The third kappa shape index (κ3) is 16.8. The lowest BCUT2D eigenvalue weighted by Gasteiger charge is -2.35. The van der Waals surface area contributed by atoms with Crippen LogP contribution in [0, 0.1) is 0 Å². The van der Waals surface area contributed by atoms with Crippen molar-refractivity contribution in [1.29, 1.82) is 0 Å². The first kappa shape index (κ1) is 84.3. The van der Waals surface area contributed by atoms with Gasteiger partial charge in [-0.1, -0.05) is 103 Å². The molecule has 24 heteroatoms. The minimum Gasteiger partial charge on any atom is -0.479 e. The van der Waals surface area contributed by atoms with Crippen molar-refractivity contribution in [3.05, 3.63) is 282 Å². The number of aromatic nitrogens is 12. The van der Waals surface area contributed by atoms with Crippen molar-refractivity contribution in [1.82, 2.24) is 59.6 Å². The Morgan fingerprint density at radius 1 is 0.289 bits per heavy atom. The Hall–Kier alpha value is -13.3. The molecule has 0 saturated carbocycles. The van der Waals surface area contributed by atoms with Crippen LogP contribution in [0.5, 0.6) is 0 Å². The molecule has 128 heavy (non-hydrogen) atoms. The number of aliphatic imine (C=N–C) groups is 6. The van der Waals surface area contributed by atoms with Crippen molar-refractivity contribution in [3.8, 4) is 66.9 Å². The van der Waals surface area contributed by atoms with Gasteiger partial charge in [-0.15, -0.1) is 0 Å². The molecule has 0 saturated heterocycles. The maximum Gasteiger partial charge on any atom is 0.181 e. The Balaban J connectivity index is 0.0000000999. The zero-order chi connectivity index (χ0) is 87.9. The monoisotopic (exact) mass is 1700 g/mol. The summed E-state index contributed by atoms with van der Waals surface area (Å²) in [6.07, 6.45) is 45.0. The number of hydrogen-bond donors (Lipinski definition) is 0. The Morgan fingerprint density at radius 2 is 0.602 bits per heavy atom. The molecule has 12 aliphatic rings. The van der Waals surface area contributed by atoms with Gasteiger partial charge in [-0.25, -0.2) is 79.8 Å². The molecule has 12 aromatic rings. The van der Waals surface area contributed by atoms with E-state index in [4.69, 9.17) is 58.4 Å². The lowest BCUT2D eigenvalue weighted by atomic mass is 9.74. The number of hydrogen-bond acceptors (Lipinski definition) is 23. The normalized spacial score (nSPS) is 25.6. The number of rotatable bonds is 6. The topological polar surface area (TPSA) is 276 Å². The van der Waals surface area contributed by atoms with Gasteiger partial charge in [0.2, 0.25) is 0 Å². The summed E-state index contributed by atoms with van der Waals surface area (Å²) in [5, 5.41) is 4.26. The summed E-state index contributed by atoms with van der Waals surface area (Å²) < 4.78 is 36.4. The maximum atomic E-state index is 5.81. The van der Waals surface area contributed by atoms with E-state index in [1.807, 2.05) is 121 Å². The van der Waals surface area contributed by atoms with Crippen LogP contribution in [0.2, 0.25) is 0 Å². The van der Waals surface area contributed by atoms with Gasteiger partial charge >= 0.3 is 0 Å². The maximum absolute atomic E-state index is 5.81.